The lowest BCUT2D eigenvalue weighted by atomic mass is 9.93. The van der Waals surface area contributed by atoms with Gasteiger partial charge in [-0.3, -0.25) is 9.59 Å². The molecular weight excluding hydrogens is 478 g/mol. The summed E-state index contributed by atoms with van der Waals surface area (Å²) in [6.45, 7) is 1.54. The molecule has 1 fully saturated rings. The number of aliphatic hydroxyl groups excluding tert-OH is 1. The van der Waals surface area contributed by atoms with Crippen molar-refractivity contribution in [1.29, 1.82) is 0 Å². The van der Waals surface area contributed by atoms with Crippen LogP contribution in [-0.2, 0) is 30.5 Å². The molecule has 37 heavy (non-hydrogen) atoms. The van der Waals surface area contributed by atoms with Gasteiger partial charge >= 0.3 is 12.1 Å². The third-order valence-corrected chi connectivity index (χ3v) is 6.67. The highest BCUT2D eigenvalue weighted by molar-refractivity contribution is 5.86. The highest BCUT2D eigenvalue weighted by atomic mass is 16.6. The Balaban J connectivity index is 1.69. The molecule has 10 nitrogen and oxygen atoms in total. The number of rotatable bonds is 7. The molecule has 1 aliphatic heterocycles. The summed E-state index contributed by atoms with van der Waals surface area (Å²) in [5, 5.41) is 17.5. The van der Waals surface area contributed by atoms with E-state index < -0.39 is 35.6 Å². The monoisotopic (exact) mass is 515 g/mol. The van der Waals surface area contributed by atoms with Gasteiger partial charge in [-0.05, 0) is 38.2 Å². The SMILES string of the molecule is C[C@H](CO)NC(=O)C[C@H]1CC=CC[C@@H](NC(=O)OCc2ccccc2)C(=O)OCC2(CCCC2)NC1=O. The second-order valence-electron chi connectivity index (χ2n) is 9.84. The van der Waals surface area contributed by atoms with Crippen LogP contribution in [0.4, 0.5) is 4.79 Å². The molecule has 10 heteroatoms. The maximum atomic E-state index is 13.2. The van der Waals surface area contributed by atoms with E-state index in [1.54, 1.807) is 19.1 Å². The van der Waals surface area contributed by atoms with Crippen molar-refractivity contribution in [2.24, 2.45) is 5.92 Å². The molecule has 1 aromatic rings. The number of hydrogen-bond acceptors (Lipinski definition) is 7. The van der Waals surface area contributed by atoms with Gasteiger partial charge in [0, 0.05) is 12.5 Å². The molecule has 1 aliphatic carbocycles. The number of carbonyl (C=O) groups is 4. The Morgan fingerprint density at radius 3 is 2.57 bits per heavy atom. The number of amides is 3. The minimum Gasteiger partial charge on any atom is -0.462 e. The van der Waals surface area contributed by atoms with Crippen molar-refractivity contribution in [3.05, 3.63) is 48.0 Å². The Hall–Kier alpha value is -3.40. The quantitative estimate of drug-likeness (QED) is 0.322. The van der Waals surface area contributed by atoms with Crippen molar-refractivity contribution < 1.29 is 33.8 Å². The van der Waals surface area contributed by atoms with Gasteiger partial charge in [0.15, 0.2) is 0 Å². The molecule has 1 aromatic carbocycles. The van der Waals surface area contributed by atoms with E-state index in [0.717, 1.165) is 18.4 Å². The maximum Gasteiger partial charge on any atom is 0.408 e. The molecule has 202 valence electrons. The largest absolute Gasteiger partial charge is 0.462 e. The molecule has 3 rings (SSSR count). The first-order chi connectivity index (χ1) is 17.8. The molecule has 0 aromatic heterocycles. The summed E-state index contributed by atoms with van der Waals surface area (Å²) in [7, 11) is 0. The minimum absolute atomic E-state index is 0.0149. The van der Waals surface area contributed by atoms with Gasteiger partial charge in [0.25, 0.3) is 0 Å². The first-order valence-electron chi connectivity index (χ1n) is 12.8. The topological polar surface area (TPSA) is 143 Å². The molecule has 1 saturated carbocycles. The van der Waals surface area contributed by atoms with Crippen LogP contribution in [0.3, 0.4) is 0 Å². The molecular formula is C27H37N3O7. The van der Waals surface area contributed by atoms with Crippen LogP contribution in [0.2, 0.25) is 0 Å². The highest BCUT2D eigenvalue weighted by Crippen LogP contribution is 2.31. The summed E-state index contributed by atoms with van der Waals surface area (Å²) in [5.41, 5.74) is 0.113. The van der Waals surface area contributed by atoms with E-state index in [1.807, 2.05) is 30.3 Å². The number of allylic oxidation sites excluding steroid dienone is 1. The number of esters is 1. The Bertz CT molecular complexity index is 960. The van der Waals surface area contributed by atoms with Crippen molar-refractivity contribution in [2.45, 2.75) is 76.1 Å². The fraction of sp³-hybridized carbons (Fsp3) is 0.556. The predicted molar refractivity (Wildman–Crippen MR) is 135 cm³/mol. The molecule has 3 amide bonds. The lowest BCUT2D eigenvalue weighted by Gasteiger charge is -2.32. The highest BCUT2D eigenvalue weighted by Gasteiger charge is 2.39. The Kier molecular flexibility index (Phi) is 10.5. The molecule has 4 N–H and O–H groups in total. The average molecular weight is 516 g/mol. The number of benzene rings is 1. The van der Waals surface area contributed by atoms with Crippen LogP contribution in [0.5, 0.6) is 0 Å². The average Bonchev–Trinajstić information content (AvgIpc) is 3.35. The lowest BCUT2D eigenvalue weighted by molar-refractivity contribution is -0.149. The molecule has 3 atom stereocenters. The first-order valence-corrected chi connectivity index (χ1v) is 12.8. The van der Waals surface area contributed by atoms with E-state index in [0.29, 0.717) is 12.8 Å². The third-order valence-electron chi connectivity index (χ3n) is 6.67. The fourth-order valence-corrected chi connectivity index (χ4v) is 4.53. The third kappa shape index (κ3) is 8.89. The van der Waals surface area contributed by atoms with E-state index in [-0.39, 0.29) is 50.9 Å². The fourth-order valence-electron chi connectivity index (χ4n) is 4.53. The summed E-state index contributed by atoms with van der Waals surface area (Å²) in [5.74, 6) is -1.82. The van der Waals surface area contributed by atoms with Gasteiger partial charge in [-0.15, -0.1) is 0 Å². The molecule has 1 spiro atoms. The Morgan fingerprint density at radius 1 is 1.16 bits per heavy atom. The molecule has 0 bridgehead atoms. The molecule has 0 radical (unpaired) electrons. The van der Waals surface area contributed by atoms with Crippen LogP contribution in [0.25, 0.3) is 0 Å². The summed E-state index contributed by atoms with van der Waals surface area (Å²) >= 11 is 0. The van der Waals surface area contributed by atoms with Crippen LogP contribution < -0.4 is 16.0 Å². The number of alkyl carbamates (subject to hydrolysis) is 1. The summed E-state index contributed by atoms with van der Waals surface area (Å²) in [6.07, 6.45) is 6.13. The molecule has 0 unspecified atom stereocenters. The second-order valence-corrected chi connectivity index (χ2v) is 9.84. The van der Waals surface area contributed by atoms with E-state index >= 15 is 0 Å². The van der Waals surface area contributed by atoms with Crippen LogP contribution in [0.1, 0.15) is 57.4 Å². The van der Waals surface area contributed by atoms with Gasteiger partial charge in [0.1, 0.15) is 19.3 Å². The number of nitrogens with one attached hydrogen (secondary N) is 3. The van der Waals surface area contributed by atoms with Crippen molar-refractivity contribution in [1.82, 2.24) is 16.0 Å². The Morgan fingerprint density at radius 2 is 1.86 bits per heavy atom. The summed E-state index contributed by atoms with van der Waals surface area (Å²) < 4.78 is 10.9. The second kappa shape index (κ2) is 13.8. The Labute approximate surface area is 217 Å². The minimum atomic E-state index is -0.958. The maximum absolute atomic E-state index is 13.2. The predicted octanol–water partition coefficient (Wildman–Crippen LogP) is 2.11. The number of ether oxygens (including phenoxy) is 2. The lowest BCUT2D eigenvalue weighted by Crippen LogP contribution is -2.53. The van der Waals surface area contributed by atoms with E-state index in [4.69, 9.17) is 9.47 Å². The van der Waals surface area contributed by atoms with Crippen molar-refractivity contribution in [3.8, 4) is 0 Å². The summed E-state index contributed by atoms with van der Waals surface area (Å²) in [4.78, 5) is 50.9. The van der Waals surface area contributed by atoms with Gasteiger partial charge in [0.2, 0.25) is 11.8 Å². The van der Waals surface area contributed by atoms with Gasteiger partial charge < -0.3 is 30.5 Å². The molecule has 2 aliphatic rings. The van der Waals surface area contributed by atoms with E-state index in [2.05, 4.69) is 16.0 Å². The summed E-state index contributed by atoms with van der Waals surface area (Å²) in [6, 6.07) is 7.84. The van der Waals surface area contributed by atoms with Gasteiger partial charge in [0.05, 0.1) is 18.1 Å². The van der Waals surface area contributed by atoms with Crippen LogP contribution in [0, 0.1) is 5.92 Å². The molecule has 0 saturated heterocycles. The zero-order valence-electron chi connectivity index (χ0n) is 21.2. The normalized spacial score (nSPS) is 22.6. The zero-order valence-corrected chi connectivity index (χ0v) is 21.2. The van der Waals surface area contributed by atoms with Gasteiger partial charge in [-0.1, -0.05) is 55.3 Å². The number of aliphatic hydroxyl groups is 1. The first kappa shape index (κ1) is 28.2. The van der Waals surface area contributed by atoms with Gasteiger partial charge in [-0.25, -0.2) is 9.59 Å². The van der Waals surface area contributed by atoms with Crippen LogP contribution in [-0.4, -0.2) is 59.8 Å². The zero-order chi connectivity index (χ0) is 26.7. The number of carbonyl (C=O) groups excluding carboxylic acids is 4. The van der Waals surface area contributed by atoms with Crippen LogP contribution >= 0.6 is 0 Å². The molecule has 1 heterocycles. The van der Waals surface area contributed by atoms with Crippen molar-refractivity contribution >= 4 is 23.9 Å². The van der Waals surface area contributed by atoms with Gasteiger partial charge in [-0.2, -0.15) is 0 Å². The van der Waals surface area contributed by atoms with E-state index in [1.165, 1.54) is 0 Å². The van der Waals surface area contributed by atoms with Crippen molar-refractivity contribution in [2.75, 3.05) is 13.2 Å². The standard InChI is InChI=1S/C27H37N3O7/c1-19(16-31)28-23(32)15-21-11-5-6-12-22(29-26(35)36-17-20-9-3-2-4-10-20)25(34)37-18-27(30-24(21)33)13-7-8-14-27/h2-6,9-10,19,21-22,31H,7-8,11-18H2,1H3,(H,28,32)(H,29,35)(H,30,33)/t19-,21-,22-/m1/s1. The van der Waals surface area contributed by atoms with E-state index in [9.17, 15) is 24.3 Å². The van der Waals surface area contributed by atoms with Crippen molar-refractivity contribution in [3.63, 3.8) is 0 Å². The smallest absolute Gasteiger partial charge is 0.408 e. The number of hydrogen-bond donors (Lipinski definition) is 4. The number of cyclic esters (lactones) is 1. The van der Waals surface area contributed by atoms with Crippen LogP contribution in [0.15, 0.2) is 42.5 Å².